The minimum atomic E-state index is 0.0694. The summed E-state index contributed by atoms with van der Waals surface area (Å²) in [5.74, 6) is 0.785. The summed E-state index contributed by atoms with van der Waals surface area (Å²) in [5.41, 5.74) is 0. The van der Waals surface area contributed by atoms with Crippen LogP contribution in [0.25, 0.3) is 0 Å². The minimum absolute atomic E-state index is 0.0694. The molecule has 1 aliphatic heterocycles. The molecule has 0 saturated heterocycles. The fourth-order valence-corrected chi connectivity index (χ4v) is 0.489. The predicted molar refractivity (Wildman–Crippen MR) is 27.4 cm³/mol. The van der Waals surface area contributed by atoms with Gasteiger partial charge in [0.15, 0.2) is 6.17 Å². The van der Waals surface area contributed by atoms with Crippen molar-refractivity contribution in [1.29, 1.82) is 0 Å². The van der Waals surface area contributed by atoms with E-state index in [-0.39, 0.29) is 6.17 Å². The lowest BCUT2D eigenvalue weighted by atomic mass is 10.6. The van der Waals surface area contributed by atoms with Gasteiger partial charge in [0.05, 0.1) is 0 Å². The molecular weight excluding hydrogens is 90.1 g/mol. The van der Waals surface area contributed by atoms with Crippen molar-refractivity contribution >= 4 is 5.84 Å². The van der Waals surface area contributed by atoms with E-state index in [4.69, 9.17) is 0 Å². The molecule has 0 bridgehead atoms. The zero-order valence-electron chi connectivity index (χ0n) is 4.42. The summed E-state index contributed by atoms with van der Waals surface area (Å²) in [6.45, 7) is 3.74. The Balaban J connectivity index is 2.69. The first kappa shape index (κ1) is 4.43. The van der Waals surface area contributed by atoms with E-state index < -0.39 is 0 Å². The summed E-state index contributed by atoms with van der Waals surface area (Å²) in [7, 11) is 0. The van der Waals surface area contributed by atoms with Gasteiger partial charge in [-0.15, -0.1) is 5.11 Å². The molecule has 1 heterocycles. The van der Waals surface area contributed by atoms with Gasteiger partial charge in [0.2, 0.25) is 0 Å². The standard InChI is InChI=1S/C4H7N3/c1-3-5-4(2)7-6-3/h3H,1-2H3. The van der Waals surface area contributed by atoms with Crippen molar-refractivity contribution in [2.75, 3.05) is 0 Å². The Hall–Kier alpha value is -0.730. The van der Waals surface area contributed by atoms with Gasteiger partial charge in [0.1, 0.15) is 5.84 Å². The van der Waals surface area contributed by atoms with Gasteiger partial charge in [0, 0.05) is 0 Å². The average Bonchev–Trinajstić information content (AvgIpc) is 1.87. The Bertz CT molecular complexity index is 125. The lowest BCUT2D eigenvalue weighted by Gasteiger charge is -1.82. The summed E-state index contributed by atoms with van der Waals surface area (Å²) in [6.07, 6.45) is 0.0694. The fourth-order valence-electron chi connectivity index (χ4n) is 0.489. The molecule has 38 valence electrons. The second-order valence-corrected chi connectivity index (χ2v) is 1.52. The molecule has 0 amide bonds. The number of hydrogen-bond acceptors (Lipinski definition) is 3. The monoisotopic (exact) mass is 97.1 g/mol. The predicted octanol–water partition coefficient (Wildman–Crippen LogP) is 1.22. The Kier molecular flexibility index (Phi) is 0.889. The first-order valence-corrected chi connectivity index (χ1v) is 2.24. The van der Waals surface area contributed by atoms with E-state index in [1.807, 2.05) is 13.8 Å². The molecule has 1 rings (SSSR count). The highest BCUT2D eigenvalue weighted by molar-refractivity contribution is 5.80. The van der Waals surface area contributed by atoms with Gasteiger partial charge in [-0.1, -0.05) is 0 Å². The van der Waals surface area contributed by atoms with Crippen LogP contribution in [0.2, 0.25) is 0 Å². The maximum Gasteiger partial charge on any atom is 0.160 e. The number of nitrogens with zero attached hydrogens (tertiary/aromatic N) is 3. The molecule has 0 aromatic carbocycles. The highest BCUT2D eigenvalue weighted by Gasteiger charge is 2.01. The van der Waals surface area contributed by atoms with Crippen LogP contribution in [0.4, 0.5) is 0 Å². The molecule has 0 aliphatic carbocycles. The van der Waals surface area contributed by atoms with Gasteiger partial charge in [-0.2, -0.15) is 5.11 Å². The van der Waals surface area contributed by atoms with Crippen molar-refractivity contribution < 1.29 is 0 Å². The van der Waals surface area contributed by atoms with Crippen molar-refractivity contribution in [2.45, 2.75) is 20.0 Å². The second kappa shape index (κ2) is 1.40. The maximum absolute atomic E-state index is 3.97. The molecule has 1 unspecified atom stereocenters. The number of amidine groups is 1. The van der Waals surface area contributed by atoms with Gasteiger partial charge in [-0.3, -0.25) is 0 Å². The number of azo groups is 1. The Labute approximate surface area is 42.2 Å². The zero-order valence-corrected chi connectivity index (χ0v) is 4.42. The van der Waals surface area contributed by atoms with Crippen LogP contribution in [-0.2, 0) is 0 Å². The third kappa shape index (κ3) is 0.824. The molecule has 0 saturated carbocycles. The van der Waals surface area contributed by atoms with Crippen LogP contribution in [0, 0.1) is 0 Å². The van der Waals surface area contributed by atoms with Gasteiger partial charge in [-0.25, -0.2) is 4.99 Å². The van der Waals surface area contributed by atoms with Crippen LogP contribution in [0.15, 0.2) is 15.2 Å². The minimum Gasteiger partial charge on any atom is -0.240 e. The molecule has 1 aliphatic rings. The highest BCUT2D eigenvalue weighted by Crippen LogP contribution is 2.01. The number of aliphatic imine (C=N–C) groups is 1. The molecule has 0 aromatic heterocycles. The lowest BCUT2D eigenvalue weighted by molar-refractivity contribution is 0.788. The molecule has 7 heavy (non-hydrogen) atoms. The average molecular weight is 97.1 g/mol. The summed E-state index contributed by atoms with van der Waals surface area (Å²) in [5, 5.41) is 7.43. The lowest BCUT2D eigenvalue weighted by Crippen LogP contribution is -1.85. The molecule has 0 fully saturated rings. The zero-order chi connectivity index (χ0) is 5.28. The van der Waals surface area contributed by atoms with E-state index in [1.165, 1.54) is 0 Å². The molecule has 3 heteroatoms. The summed E-state index contributed by atoms with van der Waals surface area (Å²) in [4.78, 5) is 3.97. The van der Waals surface area contributed by atoms with Crippen LogP contribution in [-0.4, -0.2) is 12.0 Å². The van der Waals surface area contributed by atoms with Crippen LogP contribution in [0.1, 0.15) is 13.8 Å². The highest BCUT2D eigenvalue weighted by atomic mass is 15.3. The van der Waals surface area contributed by atoms with E-state index in [0.717, 1.165) is 5.84 Å². The van der Waals surface area contributed by atoms with Crippen molar-refractivity contribution in [3.05, 3.63) is 0 Å². The van der Waals surface area contributed by atoms with E-state index in [1.54, 1.807) is 0 Å². The molecule has 0 N–H and O–H groups in total. The van der Waals surface area contributed by atoms with Crippen LogP contribution in [0.5, 0.6) is 0 Å². The molecule has 1 atom stereocenters. The van der Waals surface area contributed by atoms with E-state index in [0.29, 0.717) is 0 Å². The first-order valence-electron chi connectivity index (χ1n) is 2.24. The molecular formula is C4H7N3. The van der Waals surface area contributed by atoms with Crippen molar-refractivity contribution in [3.63, 3.8) is 0 Å². The molecule has 3 nitrogen and oxygen atoms in total. The van der Waals surface area contributed by atoms with Crippen LogP contribution in [0.3, 0.4) is 0 Å². The van der Waals surface area contributed by atoms with E-state index >= 15 is 0 Å². The summed E-state index contributed by atoms with van der Waals surface area (Å²) in [6, 6.07) is 0. The number of hydrogen-bond donors (Lipinski definition) is 0. The summed E-state index contributed by atoms with van der Waals surface area (Å²) < 4.78 is 0. The summed E-state index contributed by atoms with van der Waals surface area (Å²) >= 11 is 0. The van der Waals surface area contributed by atoms with Crippen molar-refractivity contribution in [2.24, 2.45) is 15.2 Å². The topological polar surface area (TPSA) is 37.1 Å². The number of rotatable bonds is 0. The fraction of sp³-hybridized carbons (Fsp3) is 0.750. The van der Waals surface area contributed by atoms with Gasteiger partial charge in [-0.05, 0) is 13.8 Å². The van der Waals surface area contributed by atoms with Gasteiger partial charge >= 0.3 is 0 Å². The first-order chi connectivity index (χ1) is 3.29. The smallest absolute Gasteiger partial charge is 0.160 e. The largest absolute Gasteiger partial charge is 0.240 e. The quantitative estimate of drug-likeness (QED) is 0.435. The molecule has 0 radical (unpaired) electrons. The Morgan fingerprint density at radius 3 is 2.43 bits per heavy atom. The van der Waals surface area contributed by atoms with E-state index in [2.05, 4.69) is 15.2 Å². The third-order valence-corrected chi connectivity index (χ3v) is 0.743. The Morgan fingerprint density at radius 1 is 1.57 bits per heavy atom. The van der Waals surface area contributed by atoms with Gasteiger partial charge in [0.25, 0.3) is 0 Å². The van der Waals surface area contributed by atoms with Crippen molar-refractivity contribution in [1.82, 2.24) is 0 Å². The molecule has 0 spiro atoms. The van der Waals surface area contributed by atoms with Gasteiger partial charge < -0.3 is 0 Å². The SMILES string of the molecule is CC1=NC(C)N=N1. The second-order valence-electron chi connectivity index (χ2n) is 1.52. The normalized spacial score (nSPS) is 28.3. The molecule has 0 aromatic rings. The van der Waals surface area contributed by atoms with Crippen LogP contribution < -0.4 is 0 Å². The Morgan fingerprint density at radius 2 is 2.29 bits per heavy atom. The van der Waals surface area contributed by atoms with Crippen LogP contribution >= 0.6 is 0 Å². The van der Waals surface area contributed by atoms with E-state index in [9.17, 15) is 0 Å². The third-order valence-electron chi connectivity index (χ3n) is 0.743. The maximum atomic E-state index is 3.97. The van der Waals surface area contributed by atoms with Crippen molar-refractivity contribution in [3.8, 4) is 0 Å².